The maximum Gasteiger partial charge on any atom is 0.124 e. The molecule has 0 spiro atoms. The van der Waals surface area contributed by atoms with Crippen molar-refractivity contribution in [2.75, 3.05) is 6.54 Å². The van der Waals surface area contributed by atoms with Gasteiger partial charge in [0.15, 0.2) is 0 Å². The lowest BCUT2D eigenvalue weighted by Gasteiger charge is -2.51. The van der Waals surface area contributed by atoms with Gasteiger partial charge in [0.25, 0.3) is 0 Å². The number of hydrogen-bond acceptors (Lipinski definition) is 2. The van der Waals surface area contributed by atoms with Crippen LogP contribution in [0.1, 0.15) is 50.5 Å². The molecule has 1 atom stereocenters. The molecule has 0 aromatic carbocycles. The summed E-state index contributed by atoms with van der Waals surface area (Å²) in [5.74, 6) is 1.95. The third-order valence-corrected chi connectivity index (χ3v) is 4.79. The van der Waals surface area contributed by atoms with Crippen LogP contribution in [0.15, 0.2) is 16.7 Å². The van der Waals surface area contributed by atoms with E-state index < -0.39 is 0 Å². The second-order valence-corrected chi connectivity index (χ2v) is 5.69. The molecule has 0 radical (unpaired) electrons. The van der Waals surface area contributed by atoms with Crippen LogP contribution in [-0.2, 0) is 6.42 Å². The van der Waals surface area contributed by atoms with Gasteiger partial charge in [0.2, 0.25) is 0 Å². The lowest BCUT2D eigenvalue weighted by atomic mass is 9.57. The molecule has 2 nitrogen and oxygen atoms in total. The van der Waals surface area contributed by atoms with E-state index in [0.29, 0.717) is 11.5 Å². The average molecular weight is 219 g/mol. The van der Waals surface area contributed by atoms with Crippen molar-refractivity contribution in [2.24, 2.45) is 11.3 Å². The van der Waals surface area contributed by atoms with Gasteiger partial charge in [-0.25, -0.2) is 0 Å². The highest BCUT2D eigenvalue weighted by Gasteiger charge is 2.49. The number of rotatable bonds is 2. The lowest BCUT2D eigenvalue weighted by molar-refractivity contribution is 0.00734. The van der Waals surface area contributed by atoms with E-state index in [1.165, 1.54) is 30.6 Å². The van der Waals surface area contributed by atoms with Crippen LogP contribution in [0, 0.1) is 11.3 Å². The number of furan rings is 1. The molecule has 2 aliphatic rings. The fourth-order valence-electron chi connectivity index (χ4n) is 3.50. The first-order valence-electron chi connectivity index (χ1n) is 6.54. The van der Waals surface area contributed by atoms with Crippen molar-refractivity contribution >= 4 is 0 Å². The van der Waals surface area contributed by atoms with Gasteiger partial charge in [0.05, 0.1) is 12.3 Å². The standard InChI is InChI=1S/C14H21NO/c1-10(2)14(6-3-7-14)13-12-11(4-8-15-13)5-9-16-12/h5,9-10,13,15H,3-4,6-8H2,1-2H3. The molecule has 1 aliphatic heterocycles. The van der Waals surface area contributed by atoms with Crippen LogP contribution < -0.4 is 5.32 Å². The largest absolute Gasteiger partial charge is 0.467 e. The van der Waals surface area contributed by atoms with E-state index >= 15 is 0 Å². The predicted octanol–water partition coefficient (Wildman–Crippen LogP) is 3.29. The fraction of sp³-hybridized carbons (Fsp3) is 0.714. The Kier molecular flexibility index (Phi) is 2.36. The van der Waals surface area contributed by atoms with Crippen LogP contribution in [0.3, 0.4) is 0 Å². The van der Waals surface area contributed by atoms with Gasteiger partial charge in [0.1, 0.15) is 5.76 Å². The van der Waals surface area contributed by atoms with Crippen LogP contribution in [0.2, 0.25) is 0 Å². The van der Waals surface area contributed by atoms with E-state index in [1.54, 1.807) is 0 Å². The smallest absolute Gasteiger partial charge is 0.124 e. The van der Waals surface area contributed by atoms with Gasteiger partial charge >= 0.3 is 0 Å². The van der Waals surface area contributed by atoms with Crippen LogP contribution in [0.5, 0.6) is 0 Å². The molecule has 1 unspecified atom stereocenters. The Balaban J connectivity index is 1.97. The zero-order valence-corrected chi connectivity index (χ0v) is 10.3. The molecular formula is C14H21NO. The number of fused-ring (bicyclic) bond motifs is 1. The molecule has 1 fully saturated rings. The Morgan fingerprint density at radius 3 is 2.88 bits per heavy atom. The van der Waals surface area contributed by atoms with Crippen LogP contribution in [0.4, 0.5) is 0 Å². The van der Waals surface area contributed by atoms with E-state index in [9.17, 15) is 0 Å². The van der Waals surface area contributed by atoms with Crippen LogP contribution in [-0.4, -0.2) is 6.54 Å². The summed E-state index contributed by atoms with van der Waals surface area (Å²) in [5.41, 5.74) is 1.88. The second kappa shape index (κ2) is 3.63. The van der Waals surface area contributed by atoms with E-state index in [2.05, 4.69) is 25.2 Å². The molecule has 0 bridgehead atoms. The maximum atomic E-state index is 5.74. The first-order chi connectivity index (χ1) is 7.74. The Hall–Kier alpha value is -0.760. The molecule has 88 valence electrons. The summed E-state index contributed by atoms with van der Waals surface area (Å²) < 4.78 is 5.74. The topological polar surface area (TPSA) is 25.2 Å². The van der Waals surface area contributed by atoms with Crippen LogP contribution >= 0.6 is 0 Å². The van der Waals surface area contributed by atoms with Crippen molar-refractivity contribution in [1.82, 2.24) is 5.32 Å². The second-order valence-electron chi connectivity index (χ2n) is 5.69. The molecule has 0 amide bonds. The minimum atomic E-state index is 0.451. The molecule has 2 heteroatoms. The first-order valence-corrected chi connectivity index (χ1v) is 6.54. The van der Waals surface area contributed by atoms with Gasteiger partial charge in [-0.15, -0.1) is 0 Å². The summed E-state index contributed by atoms with van der Waals surface area (Å²) in [4.78, 5) is 0. The molecule has 1 saturated carbocycles. The molecule has 2 heterocycles. The minimum absolute atomic E-state index is 0.451. The average Bonchev–Trinajstić information content (AvgIpc) is 2.63. The van der Waals surface area contributed by atoms with E-state index in [1.807, 2.05) is 6.26 Å². The van der Waals surface area contributed by atoms with Crippen molar-refractivity contribution in [1.29, 1.82) is 0 Å². The Morgan fingerprint density at radius 1 is 1.44 bits per heavy atom. The fourth-order valence-corrected chi connectivity index (χ4v) is 3.50. The summed E-state index contributed by atoms with van der Waals surface area (Å²) in [5, 5.41) is 3.69. The van der Waals surface area contributed by atoms with Crippen molar-refractivity contribution < 1.29 is 4.42 Å². The van der Waals surface area contributed by atoms with Crippen molar-refractivity contribution in [3.05, 3.63) is 23.7 Å². The molecular weight excluding hydrogens is 198 g/mol. The number of hydrogen-bond donors (Lipinski definition) is 1. The van der Waals surface area contributed by atoms with Crippen molar-refractivity contribution in [3.63, 3.8) is 0 Å². The molecule has 3 rings (SSSR count). The predicted molar refractivity (Wildman–Crippen MR) is 64.3 cm³/mol. The zero-order valence-electron chi connectivity index (χ0n) is 10.3. The highest BCUT2D eigenvalue weighted by Crippen LogP contribution is 2.56. The summed E-state index contributed by atoms with van der Waals surface area (Å²) in [6.45, 7) is 5.82. The molecule has 0 saturated heterocycles. The van der Waals surface area contributed by atoms with E-state index in [4.69, 9.17) is 4.42 Å². The monoisotopic (exact) mass is 219 g/mol. The maximum absolute atomic E-state index is 5.74. The Bertz CT molecular complexity index is 376. The minimum Gasteiger partial charge on any atom is -0.467 e. The van der Waals surface area contributed by atoms with Gasteiger partial charge in [-0.1, -0.05) is 20.3 Å². The van der Waals surface area contributed by atoms with Gasteiger partial charge < -0.3 is 9.73 Å². The van der Waals surface area contributed by atoms with E-state index in [0.717, 1.165) is 18.9 Å². The Morgan fingerprint density at radius 2 is 2.25 bits per heavy atom. The summed E-state index contributed by atoms with van der Waals surface area (Å²) >= 11 is 0. The summed E-state index contributed by atoms with van der Waals surface area (Å²) in [6.07, 6.45) is 7.06. The van der Waals surface area contributed by atoms with Gasteiger partial charge in [0, 0.05) is 6.54 Å². The summed E-state index contributed by atoms with van der Waals surface area (Å²) in [6, 6.07) is 2.61. The zero-order chi connectivity index (χ0) is 11.2. The lowest BCUT2D eigenvalue weighted by Crippen LogP contribution is -2.48. The highest BCUT2D eigenvalue weighted by molar-refractivity contribution is 5.26. The molecule has 1 aromatic rings. The van der Waals surface area contributed by atoms with Gasteiger partial charge in [-0.05, 0) is 42.2 Å². The Labute approximate surface area is 97.4 Å². The molecule has 1 N–H and O–H groups in total. The highest BCUT2D eigenvalue weighted by atomic mass is 16.3. The number of nitrogens with one attached hydrogen (secondary N) is 1. The van der Waals surface area contributed by atoms with Crippen molar-refractivity contribution in [3.8, 4) is 0 Å². The molecule has 1 aromatic heterocycles. The SMILES string of the molecule is CC(C)C1(C2NCCc3ccoc32)CCC1. The van der Waals surface area contributed by atoms with Gasteiger partial charge in [-0.3, -0.25) is 0 Å². The first kappa shape index (κ1) is 10.4. The normalized spacial score (nSPS) is 27.6. The third-order valence-electron chi connectivity index (χ3n) is 4.79. The third kappa shape index (κ3) is 1.29. The van der Waals surface area contributed by atoms with Gasteiger partial charge in [-0.2, -0.15) is 0 Å². The molecule has 16 heavy (non-hydrogen) atoms. The molecule has 1 aliphatic carbocycles. The summed E-state index contributed by atoms with van der Waals surface area (Å²) in [7, 11) is 0. The van der Waals surface area contributed by atoms with E-state index in [-0.39, 0.29) is 0 Å². The van der Waals surface area contributed by atoms with Crippen molar-refractivity contribution in [2.45, 2.75) is 45.6 Å². The van der Waals surface area contributed by atoms with Crippen LogP contribution in [0.25, 0.3) is 0 Å². The quantitative estimate of drug-likeness (QED) is 0.825.